The van der Waals surface area contributed by atoms with Gasteiger partial charge in [0, 0.05) is 5.56 Å². The fourth-order valence-corrected chi connectivity index (χ4v) is 1.68. The summed E-state index contributed by atoms with van der Waals surface area (Å²) in [6.07, 6.45) is -1.25. The second kappa shape index (κ2) is 4.25. The lowest BCUT2D eigenvalue weighted by atomic mass is 9.92. The van der Waals surface area contributed by atoms with Gasteiger partial charge in [-0.15, -0.1) is 0 Å². The molecule has 2 unspecified atom stereocenters. The van der Waals surface area contributed by atoms with Gasteiger partial charge in [0.1, 0.15) is 5.71 Å². The molecule has 6 heteroatoms. The fraction of sp³-hybridized carbons (Fsp3) is 0.182. The lowest BCUT2D eigenvalue weighted by molar-refractivity contribution is -0.147. The third-order valence-corrected chi connectivity index (χ3v) is 2.48. The van der Waals surface area contributed by atoms with Crippen LogP contribution in [0, 0.1) is 5.92 Å². The highest BCUT2D eigenvalue weighted by Crippen LogP contribution is 2.23. The van der Waals surface area contributed by atoms with Gasteiger partial charge in [-0.1, -0.05) is 35.5 Å². The van der Waals surface area contributed by atoms with Crippen LogP contribution in [0.2, 0.25) is 0 Å². The normalized spacial score (nSPS) is 22.7. The molecule has 3 N–H and O–H groups in total. The third-order valence-electron chi connectivity index (χ3n) is 2.48. The van der Waals surface area contributed by atoms with Crippen molar-refractivity contribution < 1.29 is 19.5 Å². The molecule has 1 heterocycles. The van der Waals surface area contributed by atoms with Crippen LogP contribution in [-0.4, -0.2) is 28.8 Å². The molecule has 0 aromatic heterocycles. The zero-order valence-corrected chi connectivity index (χ0v) is 8.74. The molecular weight excluding hydrogens is 224 g/mol. The average Bonchev–Trinajstić information content (AvgIpc) is 2.74. The zero-order chi connectivity index (χ0) is 12.4. The summed E-state index contributed by atoms with van der Waals surface area (Å²) in [5.74, 6) is -3.18. The highest BCUT2D eigenvalue weighted by molar-refractivity contribution is 6.15. The number of nitrogens with zero attached hydrogens (tertiary/aromatic N) is 1. The molecule has 2 rings (SSSR count). The number of hydrogen-bond donors (Lipinski definition) is 2. The molecule has 1 aliphatic heterocycles. The highest BCUT2D eigenvalue weighted by atomic mass is 16.6. The topological polar surface area (TPSA) is 102 Å². The number of rotatable bonds is 3. The SMILES string of the molecule is NC(=O)C1ON=C(c2ccccc2)C1C(=O)O. The summed E-state index contributed by atoms with van der Waals surface area (Å²) in [6.45, 7) is 0. The predicted molar refractivity (Wildman–Crippen MR) is 58.2 cm³/mol. The van der Waals surface area contributed by atoms with E-state index in [1.807, 2.05) is 0 Å². The molecule has 1 aromatic rings. The first kappa shape index (κ1) is 11.1. The van der Waals surface area contributed by atoms with Gasteiger partial charge in [-0.25, -0.2) is 0 Å². The van der Waals surface area contributed by atoms with Crippen molar-refractivity contribution in [2.45, 2.75) is 6.10 Å². The van der Waals surface area contributed by atoms with Crippen LogP contribution in [-0.2, 0) is 14.4 Å². The summed E-state index contributed by atoms with van der Waals surface area (Å²) in [5, 5.41) is 12.7. The van der Waals surface area contributed by atoms with Crippen molar-refractivity contribution in [3.63, 3.8) is 0 Å². The molecule has 0 radical (unpaired) electrons. The standard InChI is InChI=1S/C11H10N2O4/c12-10(14)9-7(11(15)16)8(13-17-9)6-4-2-1-3-5-6/h1-5,7,9H,(H2,12,14)(H,15,16). The molecule has 0 spiro atoms. The van der Waals surface area contributed by atoms with E-state index in [-0.39, 0.29) is 5.71 Å². The van der Waals surface area contributed by atoms with Crippen LogP contribution in [0.3, 0.4) is 0 Å². The van der Waals surface area contributed by atoms with Crippen LogP contribution in [0.1, 0.15) is 5.56 Å². The Morgan fingerprint density at radius 2 is 1.94 bits per heavy atom. The Bertz CT molecular complexity index is 484. The summed E-state index contributed by atoms with van der Waals surface area (Å²) >= 11 is 0. The van der Waals surface area contributed by atoms with Crippen molar-refractivity contribution >= 4 is 17.6 Å². The van der Waals surface area contributed by atoms with Gasteiger partial charge in [0.2, 0.25) is 6.10 Å². The maximum Gasteiger partial charge on any atom is 0.317 e. The van der Waals surface area contributed by atoms with Crippen molar-refractivity contribution in [3.8, 4) is 0 Å². The number of hydrogen-bond acceptors (Lipinski definition) is 4. The van der Waals surface area contributed by atoms with E-state index < -0.39 is 23.9 Å². The van der Waals surface area contributed by atoms with Crippen molar-refractivity contribution in [2.75, 3.05) is 0 Å². The largest absolute Gasteiger partial charge is 0.481 e. The Labute approximate surface area is 96.7 Å². The molecule has 0 saturated heterocycles. The molecule has 1 amide bonds. The number of benzene rings is 1. The zero-order valence-electron chi connectivity index (χ0n) is 8.74. The number of nitrogens with two attached hydrogens (primary N) is 1. The molecule has 1 aromatic carbocycles. The lowest BCUT2D eigenvalue weighted by Gasteiger charge is -2.11. The highest BCUT2D eigenvalue weighted by Gasteiger charge is 2.44. The second-order valence-electron chi connectivity index (χ2n) is 3.59. The number of primary amides is 1. The second-order valence-corrected chi connectivity index (χ2v) is 3.59. The van der Waals surface area contributed by atoms with Crippen LogP contribution >= 0.6 is 0 Å². The Morgan fingerprint density at radius 1 is 1.29 bits per heavy atom. The summed E-state index contributed by atoms with van der Waals surface area (Å²) in [4.78, 5) is 27.0. The number of carboxylic acid groups (broad SMARTS) is 1. The van der Waals surface area contributed by atoms with E-state index in [1.54, 1.807) is 30.3 Å². The maximum atomic E-state index is 11.1. The minimum absolute atomic E-state index is 0.210. The number of carbonyl (C=O) groups is 2. The van der Waals surface area contributed by atoms with Gasteiger partial charge < -0.3 is 15.7 Å². The van der Waals surface area contributed by atoms with E-state index in [1.165, 1.54) is 0 Å². The number of carbonyl (C=O) groups excluding carboxylic acids is 1. The number of amides is 1. The van der Waals surface area contributed by atoms with Gasteiger partial charge >= 0.3 is 5.97 Å². The maximum absolute atomic E-state index is 11.1. The average molecular weight is 234 g/mol. The van der Waals surface area contributed by atoms with Crippen molar-refractivity contribution in [2.24, 2.45) is 16.8 Å². The summed E-state index contributed by atoms with van der Waals surface area (Å²) in [6, 6.07) is 8.67. The Kier molecular flexibility index (Phi) is 2.78. The molecule has 0 fully saturated rings. The van der Waals surface area contributed by atoms with Crippen LogP contribution < -0.4 is 5.73 Å². The molecule has 1 aliphatic rings. The molecule has 0 aliphatic carbocycles. The van der Waals surface area contributed by atoms with Crippen LogP contribution in [0.5, 0.6) is 0 Å². The van der Waals surface area contributed by atoms with Gasteiger partial charge in [0.25, 0.3) is 5.91 Å². The van der Waals surface area contributed by atoms with Gasteiger partial charge in [-0.2, -0.15) is 0 Å². The first-order valence-corrected chi connectivity index (χ1v) is 4.92. The summed E-state index contributed by atoms with van der Waals surface area (Å²) in [7, 11) is 0. The molecule has 2 atom stereocenters. The Balaban J connectivity index is 2.36. The van der Waals surface area contributed by atoms with Crippen LogP contribution in [0.25, 0.3) is 0 Å². The third kappa shape index (κ3) is 1.96. The van der Waals surface area contributed by atoms with Gasteiger partial charge in [0.05, 0.1) is 0 Å². The Morgan fingerprint density at radius 3 is 2.47 bits per heavy atom. The van der Waals surface area contributed by atoms with E-state index >= 15 is 0 Å². The van der Waals surface area contributed by atoms with Crippen LogP contribution in [0.15, 0.2) is 35.5 Å². The first-order chi connectivity index (χ1) is 8.11. The van der Waals surface area contributed by atoms with E-state index in [0.29, 0.717) is 5.56 Å². The van der Waals surface area contributed by atoms with Crippen LogP contribution in [0.4, 0.5) is 0 Å². The smallest absolute Gasteiger partial charge is 0.317 e. The number of aliphatic carboxylic acids is 1. The van der Waals surface area contributed by atoms with Gasteiger partial charge in [-0.05, 0) is 0 Å². The number of carboxylic acids is 1. The van der Waals surface area contributed by atoms with Crippen molar-refractivity contribution in [1.82, 2.24) is 0 Å². The van der Waals surface area contributed by atoms with E-state index in [2.05, 4.69) is 5.16 Å². The Hall–Kier alpha value is -2.37. The molecule has 88 valence electrons. The molecule has 6 nitrogen and oxygen atoms in total. The lowest BCUT2D eigenvalue weighted by Crippen LogP contribution is -2.40. The molecule has 0 bridgehead atoms. The van der Waals surface area contributed by atoms with E-state index in [0.717, 1.165) is 0 Å². The van der Waals surface area contributed by atoms with Gasteiger partial charge in [0.15, 0.2) is 5.92 Å². The molecular formula is C11H10N2O4. The summed E-state index contributed by atoms with van der Waals surface area (Å²) in [5.41, 5.74) is 5.88. The fourth-order valence-electron chi connectivity index (χ4n) is 1.68. The molecule has 17 heavy (non-hydrogen) atoms. The van der Waals surface area contributed by atoms with Gasteiger partial charge in [-0.3, -0.25) is 9.59 Å². The monoisotopic (exact) mass is 234 g/mol. The minimum Gasteiger partial charge on any atom is -0.481 e. The quantitative estimate of drug-likeness (QED) is 0.766. The molecule has 0 saturated carbocycles. The predicted octanol–water partition coefficient (Wildman–Crippen LogP) is -0.0244. The first-order valence-electron chi connectivity index (χ1n) is 4.92. The summed E-state index contributed by atoms with van der Waals surface area (Å²) < 4.78 is 0. The van der Waals surface area contributed by atoms with Crippen molar-refractivity contribution in [3.05, 3.63) is 35.9 Å². The number of oxime groups is 1. The minimum atomic E-state index is -1.25. The van der Waals surface area contributed by atoms with E-state index in [9.17, 15) is 9.59 Å². The van der Waals surface area contributed by atoms with Crippen molar-refractivity contribution in [1.29, 1.82) is 0 Å². The van der Waals surface area contributed by atoms with E-state index in [4.69, 9.17) is 15.7 Å².